The lowest BCUT2D eigenvalue weighted by molar-refractivity contribution is -0.0356. The van der Waals surface area contributed by atoms with Crippen molar-refractivity contribution in [1.82, 2.24) is 19.9 Å². The molecule has 2 aromatic rings. The van der Waals surface area contributed by atoms with E-state index in [0.29, 0.717) is 6.07 Å². The second kappa shape index (κ2) is 10.1. The van der Waals surface area contributed by atoms with Crippen molar-refractivity contribution in [3.05, 3.63) is 69.1 Å². The van der Waals surface area contributed by atoms with Gasteiger partial charge in [-0.3, -0.25) is 19.4 Å². The average molecular weight is 424 g/mol. The summed E-state index contributed by atoms with van der Waals surface area (Å²) in [4.78, 5) is 37.1. The van der Waals surface area contributed by atoms with Crippen LogP contribution in [-0.4, -0.2) is 63.9 Å². The van der Waals surface area contributed by atoms with Gasteiger partial charge in [0.25, 0.3) is 11.8 Å². The predicted octanol–water partition coefficient (Wildman–Crippen LogP) is -0.0826. The van der Waals surface area contributed by atoms with Crippen molar-refractivity contribution in [2.45, 2.75) is 13.2 Å². The fraction of sp³-hybridized carbons (Fsp3) is 0.316. The average Bonchev–Trinajstić information content (AvgIpc) is 2.73. The zero-order chi connectivity index (χ0) is 22.4. The Labute approximate surface area is 170 Å². The molecule has 0 spiro atoms. The number of carbonyl (C=O) groups is 2. The number of rotatable bonds is 5. The molecule has 0 unspecified atom stereocenters. The van der Waals surface area contributed by atoms with Crippen LogP contribution in [0.2, 0.25) is 0 Å². The number of hydrogen-bond acceptors (Lipinski definition) is 6. The molecular formula is C19H22F2N4O5. The highest BCUT2D eigenvalue weighted by molar-refractivity contribution is 5.96. The zero-order valence-electron chi connectivity index (χ0n) is 16.4. The summed E-state index contributed by atoms with van der Waals surface area (Å²) in [6.45, 7) is -0.0569. The molecule has 0 radical (unpaired) electrons. The number of β-amino-alcohol motifs (C(OH)–C–C–N with tert-alkyl or cyclic N) is 1. The molecule has 1 aromatic carbocycles. The topological polar surface area (TPSA) is 115 Å². The molecule has 0 aliphatic carbocycles. The third-order valence-electron chi connectivity index (χ3n) is 4.44. The second-order valence-corrected chi connectivity index (χ2v) is 6.25. The number of aliphatic hydroxyl groups excluding tert-OH is 2. The quantitative estimate of drug-likeness (QED) is 0.619. The molecule has 0 atom stereocenters. The maximum Gasteiger partial charge on any atom is 0.284 e. The van der Waals surface area contributed by atoms with E-state index in [2.05, 4.69) is 5.32 Å². The van der Waals surface area contributed by atoms with Gasteiger partial charge in [-0.2, -0.15) is 5.01 Å². The minimum Gasteiger partial charge on any atom is -0.400 e. The maximum absolute atomic E-state index is 13.7. The number of nitrogens with zero attached hydrogens (tertiary/aromatic N) is 3. The molecule has 9 nitrogen and oxygen atoms in total. The lowest BCUT2D eigenvalue weighted by atomic mass is 10.1. The zero-order valence-corrected chi connectivity index (χ0v) is 16.4. The predicted molar refractivity (Wildman–Crippen MR) is 102 cm³/mol. The van der Waals surface area contributed by atoms with E-state index in [9.17, 15) is 23.2 Å². The number of hydrogen-bond donors (Lipinski definition) is 3. The lowest BCUT2D eigenvalue weighted by Crippen LogP contribution is -2.51. The van der Waals surface area contributed by atoms with Gasteiger partial charge < -0.3 is 20.1 Å². The SMILES string of the molecule is CN1C(=O)c2cc(=O)c(C(=O)NCc3ccc(F)cc3F)cn2CN1CCO.CO. The Morgan fingerprint density at radius 1 is 1.20 bits per heavy atom. The molecule has 0 saturated heterocycles. The van der Waals surface area contributed by atoms with Gasteiger partial charge >= 0.3 is 0 Å². The third-order valence-corrected chi connectivity index (χ3v) is 4.44. The standard InChI is InChI=1S/C18H18F2N4O4.CH4O/c1-22-18(28)15-7-16(26)13(9-23(15)10-24(22)4-5-25)17(27)21-8-11-2-3-12(19)6-14(11)20;1-2/h2-3,6-7,9,25H,4-5,8,10H2,1H3,(H,21,27);2H,1H3. The van der Waals surface area contributed by atoms with Crippen LogP contribution in [0.3, 0.4) is 0 Å². The van der Waals surface area contributed by atoms with Crippen molar-refractivity contribution >= 4 is 11.8 Å². The van der Waals surface area contributed by atoms with E-state index in [1.807, 2.05) is 0 Å². The number of benzene rings is 1. The van der Waals surface area contributed by atoms with Crippen LogP contribution in [0.15, 0.2) is 35.3 Å². The fourth-order valence-corrected chi connectivity index (χ4v) is 2.88. The minimum absolute atomic E-state index is 0.0683. The molecule has 2 heterocycles. The largest absolute Gasteiger partial charge is 0.400 e. The smallest absolute Gasteiger partial charge is 0.284 e. The number of amides is 2. The van der Waals surface area contributed by atoms with Crippen LogP contribution in [0.5, 0.6) is 0 Å². The summed E-state index contributed by atoms with van der Waals surface area (Å²) < 4.78 is 28.1. The van der Waals surface area contributed by atoms with Crippen LogP contribution < -0.4 is 10.7 Å². The third kappa shape index (κ3) is 4.87. The van der Waals surface area contributed by atoms with E-state index in [1.165, 1.54) is 28.9 Å². The summed E-state index contributed by atoms with van der Waals surface area (Å²) in [5, 5.41) is 21.4. The van der Waals surface area contributed by atoms with Gasteiger partial charge in [0.05, 0.1) is 13.3 Å². The van der Waals surface area contributed by atoms with Crippen LogP contribution in [0.25, 0.3) is 0 Å². The van der Waals surface area contributed by atoms with Gasteiger partial charge in [-0.25, -0.2) is 8.78 Å². The highest BCUT2D eigenvalue weighted by Gasteiger charge is 2.28. The molecular weight excluding hydrogens is 402 g/mol. The van der Waals surface area contributed by atoms with E-state index >= 15 is 0 Å². The summed E-state index contributed by atoms with van der Waals surface area (Å²) >= 11 is 0. The normalized spacial score (nSPS) is 13.4. The Morgan fingerprint density at radius 3 is 2.53 bits per heavy atom. The van der Waals surface area contributed by atoms with E-state index in [0.717, 1.165) is 19.2 Å². The minimum atomic E-state index is -0.809. The van der Waals surface area contributed by atoms with Gasteiger partial charge in [0.15, 0.2) is 5.43 Å². The summed E-state index contributed by atoms with van der Waals surface area (Å²) in [5.41, 5.74) is -0.685. The van der Waals surface area contributed by atoms with Crippen molar-refractivity contribution in [2.24, 2.45) is 0 Å². The maximum atomic E-state index is 13.7. The molecule has 1 aromatic heterocycles. The molecule has 2 amide bonds. The second-order valence-electron chi connectivity index (χ2n) is 6.25. The first-order valence-electron chi connectivity index (χ1n) is 8.87. The van der Waals surface area contributed by atoms with E-state index in [1.54, 1.807) is 5.01 Å². The molecule has 162 valence electrons. The van der Waals surface area contributed by atoms with Crippen molar-refractivity contribution in [2.75, 3.05) is 27.3 Å². The van der Waals surface area contributed by atoms with Gasteiger partial charge in [0.1, 0.15) is 22.9 Å². The Morgan fingerprint density at radius 2 is 1.90 bits per heavy atom. The number of aliphatic hydroxyl groups is 2. The van der Waals surface area contributed by atoms with Crippen molar-refractivity contribution < 1.29 is 28.6 Å². The monoisotopic (exact) mass is 424 g/mol. The Kier molecular flexibility index (Phi) is 7.75. The molecule has 30 heavy (non-hydrogen) atoms. The molecule has 0 bridgehead atoms. The molecule has 3 rings (SSSR count). The van der Waals surface area contributed by atoms with Crippen molar-refractivity contribution in [1.29, 1.82) is 0 Å². The Balaban J connectivity index is 0.00000155. The Hall–Kier alpha value is -3.15. The number of carbonyl (C=O) groups excluding carboxylic acids is 2. The molecule has 1 aliphatic heterocycles. The highest BCUT2D eigenvalue weighted by atomic mass is 19.1. The van der Waals surface area contributed by atoms with Crippen LogP contribution in [0.4, 0.5) is 8.78 Å². The Bertz CT molecular complexity index is 995. The number of nitrogens with one attached hydrogen (secondary N) is 1. The van der Waals surface area contributed by atoms with Gasteiger partial charge in [-0.05, 0) is 6.07 Å². The molecule has 1 aliphatic rings. The van der Waals surface area contributed by atoms with E-state index in [4.69, 9.17) is 10.2 Å². The van der Waals surface area contributed by atoms with Gasteiger partial charge in [0, 0.05) is 51.1 Å². The summed E-state index contributed by atoms with van der Waals surface area (Å²) in [6, 6.07) is 4.04. The molecule has 0 fully saturated rings. The summed E-state index contributed by atoms with van der Waals surface area (Å²) in [5.74, 6) is -2.74. The first-order valence-corrected chi connectivity index (χ1v) is 8.87. The number of halogens is 2. The van der Waals surface area contributed by atoms with Crippen molar-refractivity contribution in [3.8, 4) is 0 Å². The summed E-state index contributed by atoms with van der Waals surface area (Å²) in [6.07, 6.45) is 1.25. The van der Waals surface area contributed by atoms with Gasteiger partial charge in [-0.1, -0.05) is 6.07 Å². The van der Waals surface area contributed by atoms with E-state index in [-0.39, 0.29) is 43.2 Å². The number of aromatic nitrogens is 1. The van der Waals surface area contributed by atoms with Crippen LogP contribution in [0, 0.1) is 11.6 Å². The summed E-state index contributed by atoms with van der Waals surface area (Å²) in [7, 11) is 2.52. The van der Waals surface area contributed by atoms with Gasteiger partial charge in [0.2, 0.25) is 0 Å². The van der Waals surface area contributed by atoms with Crippen LogP contribution in [0.1, 0.15) is 26.4 Å². The van der Waals surface area contributed by atoms with E-state index < -0.39 is 28.9 Å². The molecule has 3 N–H and O–H groups in total. The fourth-order valence-electron chi connectivity index (χ4n) is 2.88. The number of pyridine rings is 1. The van der Waals surface area contributed by atoms with Crippen LogP contribution in [-0.2, 0) is 13.2 Å². The van der Waals surface area contributed by atoms with Gasteiger partial charge in [-0.15, -0.1) is 0 Å². The molecule has 0 saturated carbocycles. The van der Waals surface area contributed by atoms with Crippen molar-refractivity contribution in [3.63, 3.8) is 0 Å². The molecule has 11 heteroatoms. The van der Waals surface area contributed by atoms with Crippen LogP contribution >= 0.6 is 0 Å². The first-order chi connectivity index (χ1) is 14.3. The number of hydrazine groups is 1. The first kappa shape index (κ1) is 23.1. The lowest BCUT2D eigenvalue weighted by Gasteiger charge is -2.37. The highest BCUT2D eigenvalue weighted by Crippen LogP contribution is 2.15. The number of fused-ring (bicyclic) bond motifs is 1.